The first kappa shape index (κ1) is 27.2. The van der Waals surface area contributed by atoms with Gasteiger partial charge >= 0.3 is 12.3 Å². The fraction of sp³-hybridized carbons (Fsp3) is 0.741. The van der Waals surface area contributed by atoms with Gasteiger partial charge in [-0.3, -0.25) is 14.7 Å². The number of nitrogens with one attached hydrogen (secondary N) is 1. The SMILES string of the molecule is O=C(NCC1CCCO1)C1CCC(CN2CC3(CCN(Cc4ccc(C(F)(F)F)nc4)CC3)OC2=O)CC1. The first-order chi connectivity index (χ1) is 18.2. The third-order valence-electron chi connectivity index (χ3n) is 8.55. The summed E-state index contributed by atoms with van der Waals surface area (Å²) in [4.78, 5) is 32.8. The lowest BCUT2D eigenvalue weighted by molar-refractivity contribution is -0.141. The highest BCUT2D eigenvalue weighted by Gasteiger charge is 2.47. The molecule has 210 valence electrons. The zero-order valence-electron chi connectivity index (χ0n) is 21.7. The van der Waals surface area contributed by atoms with Gasteiger partial charge in [-0.15, -0.1) is 0 Å². The van der Waals surface area contributed by atoms with Crippen molar-refractivity contribution in [3.05, 3.63) is 29.6 Å². The molecule has 1 atom stereocenters. The van der Waals surface area contributed by atoms with Gasteiger partial charge in [-0.05, 0) is 56.1 Å². The molecule has 1 saturated carbocycles. The van der Waals surface area contributed by atoms with Crippen LogP contribution in [0.3, 0.4) is 0 Å². The van der Waals surface area contributed by atoms with Crippen LogP contribution in [0.1, 0.15) is 62.6 Å². The summed E-state index contributed by atoms with van der Waals surface area (Å²) in [5.74, 6) is 0.526. The fourth-order valence-corrected chi connectivity index (χ4v) is 6.24. The summed E-state index contributed by atoms with van der Waals surface area (Å²) in [7, 11) is 0. The topological polar surface area (TPSA) is 84.0 Å². The lowest BCUT2D eigenvalue weighted by Gasteiger charge is -2.37. The van der Waals surface area contributed by atoms with Crippen LogP contribution in [0.15, 0.2) is 18.3 Å². The predicted molar refractivity (Wildman–Crippen MR) is 132 cm³/mol. The van der Waals surface area contributed by atoms with Crippen LogP contribution in [-0.4, -0.2) is 77.8 Å². The van der Waals surface area contributed by atoms with Gasteiger partial charge in [0.1, 0.15) is 11.3 Å². The lowest BCUT2D eigenvalue weighted by Crippen LogP contribution is -2.47. The number of piperidine rings is 1. The molecular weight excluding hydrogens is 501 g/mol. The summed E-state index contributed by atoms with van der Waals surface area (Å²) >= 11 is 0. The van der Waals surface area contributed by atoms with Gasteiger partial charge in [-0.2, -0.15) is 13.2 Å². The normalized spacial score (nSPS) is 28.0. The van der Waals surface area contributed by atoms with Crippen LogP contribution in [0, 0.1) is 11.8 Å². The first-order valence-electron chi connectivity index (χ1n) is 13.8. The molecule has 11 heteroatoms. The maximum Gasteiger partial charge on any atom is 0.433 e. The van der Waals surface area contributed by atoms with Crippen molar-refractivity contribution in [3.63, 3.8) is 0 Å². The Morgan fingerprint density at radius 2 is 1.89 bits per heavy atom. The van der Waals surface area contributed by atoms with Gasteiger partial charge in [0.2, 0.25) is 5.91 Å². The van der Waals surface area contributed by atoms with Gasteiger partial charge in [-0.1, -0.05) is 6.07 Å². The maximum atomic E-state index is 12.7. The van der Waals surface area contributed by atoms with Crippen LogP contribution in [-0.2, 0) is 27.0 Å². The Hall–Kier alpha value is -2.40. The van der Waals surface area contributed by atoms with Gasteiger partial charge in [0.05, 0.1) is 12.6 Å². The zero-order valence-corrected chi connectivity index (χ0v) is 21.7. The second-order valence-electron chi connectivity index (χ2n) is 11.4. The number of halogens is 3. The van der Waals surface area contributed by atoms with Crippen LogP contribution >= 0.6 is 0 Å². The maximum absolute atomic E-state index is 12.7. The third-order valence-corrected chi connectivity index (χ3v) is 8.55. The monoisotopic (exact) mass is 538 g/mol. The molecule has 3 aliphatic heterocycles. The Balaban J connectivity index is 1.03. The summed E-state index contributed by atoms with van der Waals surface area (Å²) in [5, 5.41) is 3.05. The molecule has 0 aromatic carbocycles. The lowest BCUT2D eigenvalue weighted by atomic mass is 9.81. The predicted octanol–water partition coefficient (Wildman–Crippen LogP) is 3.99. The molecule has 38 heavy (non-hydrogen) atoms. The molecule has 4 heterocycles. The van der Waals surface area contributed by atoms with E-state index in [9.17, 15) is 22.8 Å². The van der Waals surface area contributed by atoms with E-state index in [2.05, 4.69) is 15.2 Å². The van der Waals surface area contributed by atoms with Gasteiger partial charge < -0.3 is 19.7 Å². The standard InChI is InChI=1S/C27H37F3N4O4/c28-27(29,30)23-8-5-20(14-31-23)16-33-11-9-26(10-12-33)18-34(25(36)38-26)17-19-3-6-21(7-4-19)24(35)32-15-22-2-1-13-37-22/h5,8,14,19,21-22H,1-4,6-7,9-13,15-18H2,(H,32,35). The van der Waals surface area contributed by atoms with Gasteiger partial charge in [0.15, 0.2) is 0 Å². The highest BCUT2D eigenvalue weighted by atomic mass is 19.4. The molecule has 4 aliphatic rings. The molecule has 1 N–H and O–H groups in total. The van der Waals surface area contributed by atoms with Crippen LogP contribution in [0.2, 0.25) is 0 Å². The van der Waals surface area contributed by atoms with Crippen molar-refractivity contribution in [3.8, 4) is 0 Å². The minimum atomic E-state index is -4.44. The molecule has 1 spiro atoms. The molecule has 1 aliphatic carbocycles. The second kappa shape index (κ2) is 11.4. The molecule has 2 amide bonds. The van der Waals surface area contributed by atoms with E-state index in [1.165, 1.54) is 12.3 Å². The molecule has 0 radical (unpaired) electrons. The third kappa shape index (κ3) is 6.59. The van der Waals surface area contributed by atoms with E-state index >= 15 is 0 Å². The number of hydrogen-bond acceptors (Lipinski definition) is 6. The van der Waals surface area contributed by atoms with Crippen molar-refractivity contribution in [2.45, 2.75) is 75.8 Å². The van der Waals surface area contributed by atoms with Crippen LogP contribution in [0.25, 0.3) is 0 Å². The molecule has 0 bridgehead atoms. The molecule has 1 unspecified atom stereocenters. The number of alkyl halides is 3. The largest absolute Gasteiger partial charge is 0.441 e. The van der Waals surface area contributed by atoms with E-state index in [0.29, 0.717) is 58.0 Å². The van der Waals surface area contributed by atoms with Crippen molar-refractivity contribution in [2.75, 3.05) is 39.3 Å². The van der Waals surface area contributed by atoms with E-state index in [1.807, 2.05) is 4.90 Å². The first-order valence-corrected chi connectivity index (χ1v) is 13.8. The second-order valence-corrected chi connectivity index (χ2v) is 11.4. The Morgan fingerprint density at radius 1 is 1.13 bits per heavy atom. The van der Waals surface area contributed by atoms with E-state index in [4.69, 9.17) is 9.47 Å². The van der Waals surface area contributed by atoms with Crippen LogP contribution < -0.4 is 5.32 Å². The molecule has 8 nitrogen and oxygen atoms in total. The minimum Gasteiger partial charge on any atom is -0.441 e. The summed E-state index contributed by atoms with van der Waals surface area (Å²) in [6.45, 7) is 4.53. The molecule has 1 aromatic rings. The number of rotatable bonds is 7. The van der Waals surface area contributed by atoms with Crippen molar-refractivity contribution in [2.24, 2.45) is 11.8 Å². The van der Waals surface area contributed by atoms with E-state index in [1.54, 1.807) is 0 Å². The number of aromatic nitrogens is 1. The Labute approximate surface area is 221 Å². The van der Waals surface area contributed by atoms with Gasteiger partial charge in [0.25, 0.3) is 0 Å². The number of pyridine rings is 1. The summed E-state index contributed by atoms with van der Waals surface area (Å²) < 4.78 is 49.7. The van der Waals surface area contributed by atoms with E-state index < -0.39 is 17.5 Å². The number of carbonyl (C=O) groups excluding carboxylic acids is 2. The fourth-order valence-electron chi connectivity index (χ4n) is 6.24. The van der Waals surface area contributed by atoms with E-state index in [-0.39, 0.29) is 24.0 Å². The molecule has 4 fully saturated rings. The Kier molecular flexibility index (Phi) is 8.14. The smallest absolute Gasteiger partial charge is 0.433 e. The molecule has 5 rings (SSSR count). The minimum absolute atomic E-state index is 0.0358. The van der Waals surface area contributed by atoms with Crippen molar-refractivity contribution in [1.82, 2.24) is 20.1 Å². The van der Waals surface area contributed by atoms with Crippen molar-refractivity contribution < 1.29 is 32.2 Å². The number of hydrogen-bond donors (Lipinski definition) is 1. The number of likely N-dealkylation sites (tertiary alicyclic amines) is 1. The van der Waals surface area contributed by atoms with Crippen LogP contribution in [0.4, 0.5) is 18.0 Å². The number of ether oxygens (including phenoxy) is 2. The van der Waals surface area contributed by atoms with Gasteiger partial charge in [0, 0.05) is 64.3 Å². The molecular formula is C27H37F3N4O4. The Bertz CT molecular complexity index is 968. The number of amides is 2. The Morgan fingerprint density at radius 3 is 2.53 bits per heavy atom. The van der Waals surface area contributed by atoms with Crippen molar-refractivity contribution >= 4 is 12.0 Å². The highest BCUT2D eigenvalue weighted by Crippen LogP contribution is 2.36. The average Bonchev–Trinajstić information content (AvgIpc) is 3.52. The summed E-state index contributed by atoms with van der Waals surface area (Å²) in [6, 6.07) is 2.49. The average molecular weight is 539 g/mol. The highest BCUT2D eigenvalue weighted by molar-refractivity contribution is 5.78. The quantitative estimate of drug-likeness (QED) is 0.565. The van der Waals surface area contributed by atoms with Gasteiger partial charge in [-0.25, -0.2) is 4.79 Å². The van der Waals surface area contributed by atoms with Crippen molar-refractivity contribution in [1.29, 1.82) is 0 Å². The summed E-state index contributed by atoms with van der Waals surface area (Å²) in [5.41, 5.74) is -0.649. The zero-order chi connectivity index (χ0) is 26.8. The number of nitrogens with zero attached hydrogens (tertiary/aromatic N) is 3. The van der Waals surface area contributed by atoms with Crippen LogP contribution in [0.5, 0.6) is 0 Å². The molecule has 1 aromatic heterocycles. The summed E-state index contributed by atoms with van der Waals surface area (Å²) in [6.07, 6.45) is 3.71. The van der Waals surface area contributed by atoms with E-state index in [0.717, 1.165) is 56.8 Å². The molecule has 3 saturated heterocycles. The number of carbonyl (C=O) groups is 2.